The summed E-state index contributed by atoms with van der Waals surface area (Å²) in [6.45, 7) is 1.85. The van der Waals surface area contributed by atoms with Crippen LogP contribution in [0.25, 0.3) is 0 Å². The van der Waals surface area contributed by atoms with Crippen LogP contribution >= 0.6 is 11.8 Å². The smallest absolute Gasteiger partial charge is 0.218 e. The van der Waals surface area contributed by atoms with Gasteiger partial charge in [0.15, 0.2) is 0 Å². The van der Waals surface area contributed by atoms with E-state index in [4.69, 9.17) is 5.11 Å². The van der Waals surface area contributed by atoms with Crippen LogP contribution in [-0.4, -0.2) is 42.9 Å². The predicted molar refractivity (Wildman–Crippen MR) is 85.2 cm³/mol. The molecule has 0 spiro atoms. The zero-order chi connectivity index (χ0) is 15.2. The molecule has 114 valence electrons. The lowest BCUT2D eigenvalue weighted by atomic mass is 10.1. The van der Waals surface area contributed by atoms with Crippen LogP contribution in [-0.2, 0) is 22.4 Å². The van der Waals surface area contributed by atoms with Crippen molar-refractivity contribution in [1.82, 2.24) is 4.31 Å². The van der Waals surface area contributed by atoms with E-state index in [2.05, 4.69) is 0 Å². The largest absolute Gasteiger partial charge is 0.392 e. The zero-order valence-electron chi connectivity index (χ0n) is 12.2. The Morgan fingerprint density at radius 2 is 2.00 bits per heavy atom. The van der Waals surface area contributed by atoms with Crippen LogP contribution in [0.2, 0.25) is 0 Å². The Balaban J connectivity index is 2.77. The Hall–Kier alpha value is -0.560. The maximum Gasteiger partial charge on any atom is 0.218 e. The number of hydrogen-bond acceptors (Lipinski definition) is 4. The van der Waals surface area contributed by atoms with E-state index >= 15 is 0 Å². The number of aliphatic hydroxyl groups excluding tert-OH is 1. The quantitative estimate of drug-likeness (QED) is 0.797. The predicted octanol–water partition coefficient (Wildman–Crippen LogP) is 2.08. The molecule has 0 amide bonds. The molecule has 0 fully saturated rings. The molecular formula is C14H23NO3S2. The van der Waals surface area contributed by atoms with Gasteiger partial charge in [0.2, 0.25) is 10.0 Å². The summed E-state index contributed by atoms with van der Waals surface area (Å²) in [6.07, 6.45) is 2.86. The average Bonchev–Trinajstić information content (AvgIpc) is 2.43. The maximum atomic E-state index is 12.4. The minimum absolute atomic E-state index is 0.00604. The van der Waals surface area contributed by atoms with Gasteiger partial charge in [0.25, 0.3) is 0 Å². The van der Waals surface area contributed by atoms with Gasteiger partial charge in [-0.2, -0.15) is 11.8 Å². The number of thioether (sulfide) groups is 1. The molecule has 1 aromatic rings. The number of benzene rings is 1. The van der Waals surface area contributed by atoms with Crippen molar-refractivity contribution in [3.05, 3.63) is 35.4 Å². The van der Waals surface area contributed by atoms with E-state index in [9.17, 15) is 8.42 Å². The van der Waals surface area contributed by atoms with Crippen molar-refractivity contribution >= 4 is 21.8 Å². The van der Waals surface area contributed by atoms with Crippen molar-refractivity contribution in [3.8, 4) is 0 Å². The fourth-order valence-corrected chi connectivity index (χ4v) is 3.91. The van der Waals surface area contributed by atoms with E-state index in [-0.39, 0.29) is 18.4 Å². The van der Waals surface area contributed by atoms with Crippen molar-refractivity contribution in [1.29, 1.82) is 0 Å². The van der Waals surface area contributed by atoms with Gasteiger partial charge in [-0.25, -0.2) is 12.7 Å². The number of nitrogens with zero attached hydrogens (tertiary/aromatic N) is 1. The monoisotopic (exact) mass is 317 g/mol. The van der Waals surface area contributed by atoms with Crippen LogP contribution in [0.4, 0.5) is 0 Å². The second-order valence-corrected chi connectivity index (χ2v) is 7.90. The van der Waals surface area contributed by atoms with E-state index in [0.29, 0.717) is 5.56 Å². The van der Waals surface area contributed by atoms with Crippen molar-refractivity contribution in [3.63, 3.8) is 0 Å². The topological polar surface area (TPSA) is 57.6 Å². The van der Waals surface area contributed by atoms with Gasteiger partial charge in [0.1, 0.15) is 0 Å². The first kappa shape index (κ1) is 17.5. The van der Waals surface area contributed by atoms with Gasteiger partial charge in [-0.15, -0.1) is 0 Å². The fourth-order valence-electron chi connectivity index (χ4n) is 1.87. The summed E-state index contributed by atoms with van der Waals surface area (Å²) in [7, 11) is -1.69. The maximum absolute atomic E-state index is 12.4. The van der Waals surface area contributed by atoms with Gasteiger partial charge in [0.05, 0.1) is 12.4 Å². The zero-order valence-corrected chi connectivity index (χ0v) is 13.9. The molecule has 4 nitrogen and oxygen atoms in total. The first-order valence-electron chi connectivity index (χ1n) is 6.54. The van der Waals surface area contributed by atoms with E-state index in [1.807, 2.05) is 13.2 Å². The third kappa shape index (κ3) is 5.09. The Bertz CT molecular complexity index is 517. The summed E-state index contributed by atoms with van der Waals surface area (Å²) in [5.74, 6) is 0.919. The minimum atomic E-state index is -3.33. The molecule has 6 heteroatoms. The molecule has 0 aliphatic rings. The Morgan fingerprint density at radius 1 is 1.35 bits per heavy atom. The highest BCUT2D eigenvalue weighted by molar-refractivity contribution is 7.98. The highest BCUT2D eigenvalue weighted by Crippen LogP contribution is 2.16. The van der Waals surface area contributed by atoms with E-state index in [1.165, 1.54) is 4.31 Å². The average molecular weight is 317 g/mol. The van der Waals surface area contributed by atoms with Crippen LogP contribution in [0, 0.1) is 0 Å². The number of sulfonamides is 1. The highest BCUT2D eigenvalue weighted by Gasteiger charge is 2.23. The van der Waals surface area contributed by atoms with Gasteiger partial charge in [-0.05, 0) is 36.5 Å². The molecule has 1 unspecified atom stereocenters. The van der Waals surface area contributed by atoms with Crippen molar-refractivity contribution in [2.24, 2.45) is 0 Å². The molecule has 1 rings (SSSR count). The van der Waals surface area contributed by atoms with Gasteiger partial charge in [0, 0.05) is 13.1 Å². The second-order valence-electron chi connectivity index (χ2n) is 4.88. The summed E-state index contributed by atoms with van der Waals surface area (Å²) >= 11 is 1.72. The van der Waals surface area contributed by atoms with Crippen LogP contribution < -0.4 is 0 Å². The summed E-state index contributed by atoms with van der Waals surface area (Å²) < 4.78 is 26.2. The highest BCUT2D eigenvalue weighted by atomic mass is 32.2. The molecule has 0 radical (unpaired) electrons. The van der Waals surface area contributed by atoms with Crippen molar-refractivity contribution < 1.29 is 13.5 Å². The lowest BCUT2D eigenvalue weighted by Crippen LogP contribution is -2.36. The van der Waals surface area contributed by atoms with Crippen LogP contribution in [0.5, 0.6) is 0 Å². The summed E-state index contributed by atoms with van der Waals surface area (Å²) in [6, 6.07) is 7.05. The standard InChI is InChI=1S/C14H23NO3S2/c1-12(7-8-19-3)15(2)20(17,18)11-14-6-4-5-13(9-14)10-16/h4-6,9,12,16H,7-8,10-11H2,1-3H3. The summed E-state index contributed by atoms with van der Waals surface area (Å²) in [5.41, 5.74) is 1.44. The third-order valence-corrected chi connectivity index (χ3v) is 5.90. The van der Waals surface area contributed by atoms with Gasteiger partial charge in [-0.3, -0.25) is 0 Å². The molecule has 1 atom stereocenters. The molecular weight excluding hydrogens is 294 g/mol. The Kier molecular flexibility index (Phi) is 7.02. The molecule has 0 heterocycles. The van der Waals surface area contributed by atoms with E-state index in [1.54, 1.807) is 43.1 Å². The van der Waals surface area contributed by atoms with Crippen molar-refractivity contribution in [2.45, 2.75) is 31.7 Å². The number of hydrogen-bond donors (Lipinski definition) is 1. The lowest BCUT2D eigenvalue weighted by molar-refractivity contribution is 0.281. The molecule has 0 aromatic heterocycles. The molecule has 0 saturated carbocycles. The third-order valence-electron chi connectivity index (χ3n) is 3.32. The molecule has 1 N–H and O–H groups in total. The summed E-state index contributed by atoms with van der Waals surface area (Å²) in [5, 5.41) is 9.09. The van der Waals surface area contributed by atoms with Gasteiger partial charge >= 0.3 is 0 Å². The Labute approximate surface area is 126 Å². The van der Waals surface area contributed by atoms with Crippen LogP contribution in [0.15, 0.2) is 24.3 Å². The number of rotatable bonds is 8. The molecule has 0 bridgehead atoms. The van der Waals surface area contributed by atoms with Crippen LogP contribution in [0.3, 0.4) is 0 Å². The van der Waals surface area contributed by atoms with Crippen molar-refractivity contribution in [2.75, 3.05) is 19.1 Å². The molecule has 1 aromatic carbocycles. The minimum Gasteiger partial charge on any atom is -0.392 e. The lowest BCUT2D eigenvalue weighted by Gasteiger charge is -2.24. The first-order valence-corrected chi connectivity index (χ1v) is 9.54. The van der Waals surface area contributed by atoms with E-state index < -0.39 is 10.0 Å². The van der Waals surface area contributed by atoms with Gasteiger partial charge < -0.3 is 5.11 Å². The molecule has 0 aliphatic heterocycles. The van der Waals surface area contributed by atoms with E-state index in [0.717, 1.165) is 17.7 Å². The number of aliphatic hydroxyl groups is 1. The molecule has 20 heavy (non-hydrogen) atoms. The second kappa shape index (κ2) is 8.02. The summed E-state index contributed by atoms with van der Waals surface area (Å²) in [4.78, 5) is 0. The first-order chi connectivity index (χ1) is 9.40. The molecule has 0 aliphatic carbocycles. The van der Waals surface area contributed by atoms with Crippen LogP contribution in [0.1, 0.15) is 24.5 Å². The molecule has 0 saturated heterocycles. The normalized spacial score (nSPS) is 13.7. The Morgan fingerprint density at radius 3 is 2.60 bits per heavy atom. The fraction of sp³-hybridized carbons (Fsp3) is 0.571. The van der Waals surface area contributed by atoms with Gasteiger partial charge in [-0.1, -0.05) is 24.3 Å². The SMILES string of the molecule is CSCCC(C)N(C)S(=O)(=O)Cc1cccc(CO)c1.